The van der Waals surface area contributed by atoms with Crippen LogP contribution in [0.3, 0.4) is 0 Å². The maximum absolute atomic E-state index is 13.5. The molecule has 0 spiro atoms. The summed E-state index contributed by atoms with van der Waals surface area (Å²) in [5.41, 5.74) is 4.43. The van der Waals surface area contributed by atoms with E-state index in [1.54, 1.807) is 0 Å². The molecule has 0 unspecified atom stereocenters. The number of hydrogen-bond acceptors (Lipinski definition) is 5. The first-order valence-corrected chi connectivity index (χ1v) is 7.21. The number of nitrogens with one attached hydrogen (secondary N) is 1. The van der Waals surface area contributed by atoms with Gasteiger partial charge in [0.2, 0.25) is 5.82 Å². The molecule has 0 radical (unpaired) electrons. The molecular formula is C12H9F2N3O4S. The van der Waals surface area contributed by atoms with Gasteiger partial charge in [-0.15, -0.1) is 0 Å². The number of nitrogens with zero attached hydrogens (tertiary/aromatic N) is 1. The number of nitro groups is 1. The molecule has 0 bridgehead atoms. The fraction of sp³-hybridized carbons (Fsp3) is 0. The van der Waals surface area contributed by atoms with Crippen molar-refractivity contribution in [1.82, 2.24) is 0 Å². The Hall–Kier alpha value is -2.75. The number of rotatable bonds is 4. The summed E-state index contributed by atoms with van der Waals surface area (Å²) < 4.78 is 52.9. The van der Waals surface area contributed by atoms with E-state index in [4.69, 9.17) is 5.73 Å². The monoisotopic (exact) mass is 329 g/mol. The molecule has 0 aliphatic heterocycles. The number of sulfonamides is 1. The molecule has 0 saturated heterocycles. The minimum Gasteiger partial charge on any atom is -0.399 e. The molecular weight excluding hydrogens is 320 g/mol. The predicted octanol–water partition coefficient (Wildman–Crippen LogP) is 2.26. The van der Waals surface area contributed by atoms with Gasteiger partial charge in [-0.1, -0.05) is 0 Å². The topological polar surface area (TPSA) is 115 Å². The summed E-state index contributed by atoms with van der Waals surface area (Å²) in [5, 5.41) is 10.8. The normalized spacial score (nSPS) is 11.2. The van der Waals surface area contributed by atoms with Crippen LogP contribution in [-0.2, 0) is 10.0 Å². The molecule has 22 heavy (non-hydrogen) atoms. The highest BCUT2D eigenvalue weighted by Crippen LogP contribution is 2.30. The Morgan fingerprint density at radius 2 is 1.68 bits per heavy atom. The Labute approximate surface area is 123 Å². The van der Waals surface area contributed by atoms with Gasteiger partial charge in [-0.2, -0.15) is 4.39 Å². The van der Waals surface area contributed by atoms with Crippen LogP contribution in [0.2, 0.25) is 0 Å². The average molecular weight is 329 g/mol. The highest BCUT2D eigenvalue weighted by atomic mass is 32.2. The lowest BCUT2D eigenvalue weighted by molar-refractivity contribution is -0.390. The zero-order valence-electron chi connectivity index (χ0n) is 10.8. The second kappa shape index (κ2) is 5.56. The molecule has 10 heteroatoms. The number of nitrogen functional groups attached to an aromatic ring is 1. The van der Waals surface area contributed by atoms with Crippen molar-refractivity contribution in [1.29, 1.82) is 0 Å². The van der Waals surface area contributed by atoms with E-state index < -0.39 is 37.2 Å². The van der Waals surface area contributed by atoms with Gasteiger partial charge in [-0.25, -0.2) is 12.8 Å². The summed E-state index contributed by atoms with van der Waals surface area (Å²) in [6.07, 6.45) is 0. The molecule has 7 nitrogen and oxygen atoms in total. The molecule has 0 amide bonds. The summed E-state index contributed by atoms with van der Waals surface area (Å²) in [6.45, 7) is 0. The highest BCUT2D eigenvalue weighted by Gasteiger charge is 2.32. The SMILES string of the molecule is Nc1ccc(NS(=O)(=O)c2ccc(F)c(F)c2[N+](=O)[O-])cc1. The van der Waals surface area contributed by atoms with Gasteiger partial charge >= 0.3 is 5.69 Å². The van der Waals surface area contributed by atoms with Crippen LogP contribution in [0.1, 0.15) is 0 Å². The van der Waals surface area contributed by atoms with Crippen LogP contribution in [0, 0.1) is 21.7 Å². The van der Waals surface area contributed by atoms with Gasteiger partial charge in [0, 0.05) is 11.4 Å². The lowest BCUT2D eigenvalue weighted by Gasteiger charge is -2.09. The van der Waals surface area contributed by atoms with Crippen LogP contribution in [0.15, 0.2) is 41.3 Å². The number of nitro benzene ring substituents is 1. The van der Waals surface area contributed by atoms with Crippen LogP contribution >= 0.6 is 0 Å². The average Bonchev–Trinajstić information content (AvgIpc) is 2.43. The summed E-state index contributed by atoms with van der Waals surface area (Å²) in [5.74, 6) is -3.36. The van der Waals surface area contributed by atoms with Crippen molar-refractivity contribution in [3.05, 3.63) is 58.1 Å². The minimum absolute atomic E-state index is 0.0632. The lowest BCUT2D eigenvalue weighted by Crippen LogP contribution is -2.16. The van der Waals surface area contributed by atoms with Crippen LogP contribution in [0.4, 0.5) is 25.8 Å². The molecule has 2 aromatic carbocycles. The Morgan fingerprint density at radius 1 is 1.09 bits per heavy atom. The van der Waals surface area contributed by atoms with E-state index in [0.29, 0.717) is 17.8 Å². The van der Waals surface area contributed by atoms with Gasteiger partial charge in [0.1, 0.15) is 0 Å². The van der Waals surface area contributed by atoms with Crippen molar-refractivity contribution >= 4 is 27.1 Å². The van der Waals surface area contributed by atoms with Crippen LogP contribution in [-0.4, -0.2) is 13.3 Å². The minimum atomic E-state index is -4.48. The molecule has 2 rings (SSSR count). The lowest BCUT2D eigenvalue weighted by atomic mass is 10.3. The van der Waals surface area contributed by atoms with E-state index in [1.807, 2.05) is 4.72 Å². The van der Waals surface area contributed by atoms with E-state index in [0.717, 1.165) is 0 Å². The van der Waals surface area contributed by atoms with E-state index in [9.17, 15) is 27.3 Å². The molecule has 0 fully saturated rings. The maximum atomic E-state index is 13.5. The molecule has 2 aromatic rings. The fourth-order valence-electron chi connectivity index (χ4n) is 1.67. The van der Waals surface area contributed by atoms with Gasteiger partial charge < -0.3 is 5.73 Å². The number of hydrogen-bond donors (Lipinski definition) is 2. The largest absolute Gasteiger partial charge is 0.399 e. The maximum Gasteiger partial charge on any atom is 0.328 e. The second-order valence-electron chi connectivity index (χ2n) is 4.19. The zero-order chi connectivity index (χ0) is 16.5. The summed E-state index contributed by atoms with van der Waals surface area (Å²) >= 11 is 0. The number of nitrogens with two attached hydrogens (primary N) is 1. The third kappa shape index (κ3) is 2.96. The molecule has 0 heterocycles. The first-order chi connectivity index (χ1) is 10.2. The Kier molecular flexibility index (Phi) is 3.95. The van der Waals surface area contributed by atoms with E-state index >= 15 is 0 Å². The second-order valence-corrected chi connectivity index (χ2v) is 5.84. The summed E-state index contributed by atoms with van der Waals surface area (Å²) in [6, 6.07) is 6.56. The first kappa shape index (κ1) is 15.6. The summed E-state index contributed by atoms with van der Waals surface area (Å²) in [7, 11) is -4.48. The van der Waals surface area contributed by atoms with E-state index in [2.05, 4.69) is 0 Å². The quantitative estimate of drug-likeness (QED) is 0.507. The molecule has 0 atom stereocenters. The number of benzene rings is 2. The zero-order valence-corrected chi connectivity index (χ0v) is 11.6. The summed E-state index contributed by atoms with van der Waals surface area (Å²) in [4.78, 5) is 8.55. The molecule has 116 valence electrons. The van der Waals surface area contributed by atoms with Crippen molar-refractivity contribution in [2.45, 2.75) is 4.90 Å². The van der Waals surface area contributed by atoms with Gasteiger partial charge in [0.15, 0.2) is 10.7 Å². The first-order valence-electron chi connectivity index (χ1n) is 5.73. The molecule has 3 N–H and O–H groups in total. The predicted molar refractivity (Wildman–Crippen MR) is 74.7 cm³/mol. The Bertz CT molecular complexity index is 838. The van der Waals surface area contributed by atoms with Crippen LogP contribution in [0.25, 0.3) is 0 Å². The van der Waals surface area contributed by atoms with Crippen molar-refractivity contribution in [3.63, 3.8) is 0 Å². The number of anilines is 2. The van der Waals surface area contributed by atoms with E-state index in [-0.39, 0.29) is 5.69 Å². The van der Waals surface area contributed by atoms with Gasteiger partial charge in [-0.3, -0.25) is 14.8 Å². The number of halogens is 2. The molecule has 0 aliphatic carbocycles. The smallest absolute Gasteiger partial charge is 0.328 e. The Morgan fingerprint density at radius 3 is 2.23 bits per heavy atom. The van der Waals surface area contributed by atoms with Gasteiger partial charge in [-0.05, 0) is 36.4 Å². The highest BCUT2D eigenvalue weighted by molar-refractivity contribution is 7.92. The molecule has 0 aliphatic rings. The fourth-order valence-corrected chi connectivity index (χ4v) is 2.89. The van der Waals surface area contributed by atoms with E-state index in [1.165, 1.54) is 24.3 Å². The van der Waals surface area contributed by atoms with Gasteiger partial charge in [0.25, 0.3) is 10.0 Å². The van der Waals surface area contributed by atoms with Crippen molar-refractivity contribution in [2.24, 2.45) is 0 Å². The standard InChI is InChI=1S/C12H9F2N3O4S/c13-9-5-6-10(12(11(9)14)17(18)19)22(20,21)16-8-3-1-7(15)2-4-8/h1-6,16H,15H2. The third-order valence-corrected chi connectivity index (χ3v) is 4.08. The molecule has 0 saturated carbocycles. The molecule has 0 aromatic heterocycles. The van der Waals surface area contributed by atoms with Gasteiger partial charge in [0.05, 0.1) is 4.92 Å². The van der Waals surface area contributed by atoms with Crippen molar-refractivity contribution in [2.75, 3.05) is 10.5 Å². The van der Waals surface area contributed by atoms with Crippen LogP contribution in [0.5, 0.6) is 0 Å². The van der Waals surface area contributed by atoms with Crippen molar-refractivity contribution < 1.29 is 22.1 Å². The Balaban J connectivity index is 2.52. The van der Waals surface area contributed by atoms with Crippen molar-refractivity contribution in [3.8, 4) is 0 Å². The third-order valence-electron chi connectivity index (χ3n) is 2.67. The van der Waals surface area contributed by atoms with Crippen LogP contribution < -0.4 is 10.5 Å².